The molecule has 2 unspecified atom stereocenters. The summed E-state index contributed by atoms with van der Waals surface area (Å²) in [4.78, 5) is 0. The lowest BCUT2D eigenvalue weighted by atomic mass is 9.86. The summed E-state index contributed by atoms with van der Waals surface area (Å²) < 4.78 is 0. The Morgan fingerprint density at radius 2 is 0.798 bits per heavy atom. The van der Waals surface area contributed by atoms with Gasteiger partial charge in [-0.2, -0.15) is 0 Å². The van der Waals surface area contributed by atoms with Gasteiger partial charge in [-0.1, -0.05) is 297 Å². The molecule has 0 radical (unpaired) electrons. The molecule has 0 aliphatic heterocycles. The second kappa shape index (κ2) is 26.1. The van der Waals surface area contributed by atoms with Crippen LogP contribution in [-0.2, 0) is 32.1 Å². The third kappa shape index (κ3) is 12.0. The van der Waals surface area contributed by atoms with E-state index < -0.39 is 0 Å². The Hall–Kier alpha value is -10.1. The number of rotatable bonds is 0. The summed E-state index contributed by atoms with van der Waals surface area (Å²) in [6, 6.07) is 87.8. The van der Waals surface area contributed by atoms with Gasteiger partial charge in [0.2, 0.25) is 0 Å². The molecule has 13 aromatic rings. The molecule has 7 aliphatic carbocycles. The minimum absolute atomic E-state index is 0.698. The molecule has 20 rings (SSSR count). The van der Waals surface area contributed by atoms with Gasteiger partial charge >= 0.3 is 0 Å². The van der Waals surface area contributed by atoms with Crippen LogP contribution in [0.5, 0.6) is 0 Å². The molecule has 13 aromatic carbocycles. The normalized spacial score (nSPS) is 15.9. The Morgan fingerprint density at radius 1 is 0.319 bits per heavy atom. The Bertz CT molecular complexity index is 5220. The van der Waals surface area contributed by atoms with Crippen LogP contribution in [-0.4, -0.2) is 0 Å². The highest BCUT2D eigenvalue weighted by Gasteiger charge is 2.27. The first-order chi connectivity index (χ1) is 46.0. The van der Waals surface area contributed by atoms with Crippen LogP contribution in [0.4, 0.5) is 0 Å². The fourth-order valence-corrected chi connectivity index (χ4v) is 16.0. The Labute approximate surface area is 556 Å². The third-order valence-electron chi connectivity index (χ3n) is 20.6. The van der Waals surface area contributed by atoms with Crippen LogP contribution in [0.1, 0.15) is 111 Å². The number of fused-ring (bicyclic) bond motifs is 18. The predicted octanol–water partition coefficient (Wildman–Crippen LogP) is 25.0. The zero-order chi connectivity index (χ0) is 63.8. The lowest BCUT2D eigenvalue weighted by Gasteiger charge is -2.18. The van der Waals surface area contributed by atoms with E-state index >= 15 is 0 Å². The summed E-state index contributed by atoms with van der Waals surface area (Å²) in [6.07, 6.45) is 23.4. The SMILES string of the molecule is CC1C=CC2=C(Cc3ccc4ccccc4c32)C1.CC1C=CC2=C(Cc3ccccc32)C1.Cc1c2ccccc2cc2ccccc12.Cc1cc2c(c3c1C=CCC3)-c1ccccc1C2.Cc1ccc2c(c1)-c1ccccc1C2.Cc1ccc2cc3ccccc3cc2c1. The van der Waals surface area contributed by atoms with E-state index in [9.17, 15) is 0 Å². The Kier molecular flexibility index (Phi) is 16.7. The van der Waals surface area contributed by atoms with Crippen molar-refractivity contribution >= 4 is 71.1 Å². The van der Waals surface area contributed by atoms with Crippen molar-refractivity contribution in [2.75, 3.05) is 0 Å². The largest absolute Gasteiger partial charge is 0.0836 e. The minimum Gasteiger partial charge on any atom is -0.0836 e. The topological polar surface area (TPSA) is 0 Å². The summed E-state index contributed by atoms with van der Waals surface area (Å²) in [7, 11) is 0. The molecule has 7 aliphatic rings. The van der Waals surface area contributed by atoms with Crippen molar-refractivity contribution in [2.24, 2.45) is 11.8 Å². The van der Waals surface area contributed by atoms with Crippen molar-refractivity contribution in [1.82, 2.24) is 0 Å². The zero-order valence-electron chi connectivity index (χ0n) is 55.4. The van der Waals surface area contributed by atoms with Crippen molar-refractivity contribution in [2.45, 2.75) is 92.9 Å². The smallest absolute Gasteiger partial charge is 0.00132 e. The Morgan fingerprint density at radius 3 is 1.51 bits per heavy atom. The van der Waals surface area contributed by atoms with Crippen LogP contribution in [0.25, 0.3) is 93.3 Å². The summed E-state index contributed by atoms with van der Waals surface area (Å²) in [5, 5.41) is 13.4. The quantitative estimate of drug-likeness (QED) is 0.133. The van der Waals surface area contributed by atoms with Gasteiger partial charge in [-0.05, 0) is 263 Å². The first-order valence-corrected chi connectivity index (χ1v) is 34.3. The van der Waals surface area contributed by atoms with Crippen LogP contribution in [0, 0.1) is 39.5 Å². The molecule has 0 saturated carbocycles. The van der Waals surface area contributed by atoms with Gasteiger partial charge in [-0.25, -0.2) is 0 Å². The predicted molar refractivity (Wildman–Crippen MR) is 406 cm³/mol. The molecular weight excluding hydrogens is 1130 g/mol. The van der Waals surface area contributed by atoms with Crippen molar-refractivity contribution in [3.63, 3.8) is 0 Å². The van der Waals surface area contributed by atoms with E-state index in [1.165, 1.54) is 192 Å². The molecular formula is C94H82. The maximum atomic E-state index is 2.39. The standard InChI is InChI=1S/2C18H16.2C15H12.C14H14.C14H12/c1-12-10-14-11-13-6-2-3-8-16(13)18(14)17-9-5-4-7-15(12)17;1-12-6-9-17-15(10-12)11-14-8-7-13-4-2-3-5-16(13)18(14)17;1-11-14-8-4-2-6-12(14)10-13-7-3-5-9-15(11)13;1-11-6-7-14-9-12-4-2-3-5-13(12)10-15(14)8-11;1-10-6-7-14-12(8-10)9-11-4-2-3-5-13(11)14;1-10-6-7-12-9-11-4-2-3-5-13(11)14(12)8-10/h2-4,6-8,10H,5,9,11H2,1H3;2-9,12H,10-11H2,1H3;2*2-10H,1H3;2-7,10H,8-9H2,1H3;2-8H,9H2,1H3. The number of aryl methyl sites for hydroxylation is 4. The molecule has 0 heterocycles. The van der Waals surface area contributed by atoms with Gasteiger partial charge in [-0.3, -0.25) is 0 Å². The molecule has 0 amide bonds. The number of hydrogen-bond donors (Lipinski definition) is 0. The lowest BCUT2D eigenvalue weighted by molar-refractivity contribution is 0.702. The van der Waals surface area contributed by atoms with Crippen molar-refractivity contribution < 1.29 is 0 Å². The molecule has 0 fully saturated rings. The van der Waals surface area contributed by atoms with Gasteiger partial charge in [0.15, 0.2) is 0 Å². The van der Waals surface area contributed by atoms with Crippen LogP contribution in [0.15, 0.2) is 284 Å². The molecule has 94 heavy (non-hydrogen) atoms. The van der Waals surface area contributed by atoms with Crippen LogP contribution in [0.3, 0.4) is 0 Å². The highest BCUT2D eigenvalue weighted by Crippen LogP contribution is 2.46. The van der Waals surface area contributed by atoms with Crippen molar-refractivity contribution in [3.05, 3.63) is 362 Å². The number of allylic oxidation sites excluding steroid dienone is 9. The van der Waals surface area contributed by atoms with Gasteiger partial charge in [0.05, 0.1) is 0 Å². The van der Waals surface area contributed by atoms with Crippen molar-refractivity contribution in [1.29, 1.82) is 0 Å². The van der Waals surface area contributed by atoms with Gasteiger partial charge in [-0.15, -0.1) is 0 Å². The molecule has 0 N–H and O–H groups in total. The second-order valence-corrected chi connectivity index (χ2v) is 27.3. The monoisotopic (exact) mass is 1210 g/mol. The maximum absolute atomic E-state index is 2.39. The van der Waals surface area contributed by atoms with E-state index in [2.05, 4.69) is 321 Å². The molecule has 0 aromatic heterocycles. The minimum atomic E-state index is 0.698. The molecule has 2 atom stereocenters. The van der Waals surface area contributed by atoms with E-state index in [1.807, 2.05) is 0 Å². The fourth-order valence-electron chi connectivity index (χ4n) is 16.0. The maximum Gasteiger partial charge on any atom is -0.00132 e. The summed E-state index contributed by atoms with van der Waals surface area (Å²) in [5.41, 5.74) is 32.6. The first kappa shape index (κ1) is 60.1. The average Bonchev–Trinajstić information content (AvgIpc) is 1.50. The second-order valence-electron chi connectivity index (χ2n) is 27.3. The molecule has 0 heteroatoms. The molecule has 458 valence electrons. The highest BCUT2D eigenvalue weighted by molar-refractivity contribution is 6.03. The van der Waals surface area contributed by atoms with Crippen LogP contribution in [0.2, 0.25) is 0 Å². The van der Waals surface area contributed by atoms with Gasteiger partial charge in [0.1, 0.15) is 0 Å². The first-order valence-electron chi connectivity index (χ1n) is 34.3. The van der Waals surface area contributed by atoms with Gasteiger partial charge in [0.25, 0.3) is 0 Å². The summed E-state index contributed by atoms with van der Waals surface area (Å²) in [6.45, 7) is 13.3. The van der Waals surface area contributed by atoms with Gasteiger partial charge in [0, 0.05) is 0 Å². The fraction of sp³-hybridized carbons (Fsp3) is 0.170. The van der Waals surface area contributed by atoms with E-state index in [-0.39, 0.29) is 0 Å². The Balaban J connectivity index is 0.0000000934. The van der Waals surface area contributed by atoms with Crippen LogP contribution < -0.4 is 0 Å². The third-order valence-corrected chi connectivity index (χ3v) is 20.6. The van der Waals surface area contributed by atoms with Gasteiger partial charge < -0.3 is 0 Å². The van der Waals surface area contributed by atoms with E-state index in [1.54, 1.807) is 16.7 Å². The van der Waals surface area contributed by atoms with Crippen LogP contribution >= 0.6 is 0 Å². The molecule has 0 spiro atoms. The number of hydrogen-bond acceptors (Lipinski definition) is 0. The van der Waals surface area contributed by atoms with E-state index in [4.69, 9.17) is 0 Å². The van der Waals surface area contributed by atoms with Crippen molar-refractivity contribution in [3.8, 4) is 22.3 Å². The molecule has 0 saturated heterocycles. The van der Waals surface area contributed by atoms with E-state index in [0.717, 1.165) is 25.2 Å². The molecule has 0 bridgehead atoms. The summed E-state index contributed by atoms with van der Waals surface area (Å²) in [5.74, 6) is 1.42. The average molecular weight is 1210 g/mol. The summed E-state index contributed by atoms with van der Waals surface area (Å²) >= 11 is 0. The van der Waals surface area contributed by atoms with E-state index in [0.29, 0.717) is 5.92 Å². The highest BCUT2D eigenvalue weighted by atomic mass is 14.3. The lowest BCUT2D eigenvalue weighted by Crippen LogP contribution is -2.01. The number of benzene rings is 13. The zero-order valence-corrected chi connectivity index (χ0v) is 55.4. The molecule has 0 nitrogen and oxygen atoms in total.